The van der Waals surface area contributed by atoms with Crippen LogP contribution in [0.1, 0.15) is 25.3 Å². The normalized spacial score (nSPS) is 19.6. The van der Waals surface area contributed by atoms with Crippen molar-refractivity contribution in [3.63, 3.8) is 0 Å². The second kappa shape index (κ2) is 6.39. The number of amidine groups is 1. The molecule has 0 fully saturated rings. The van der Waals surface area contributed by atoms with Gasteiger partial charge >= 0.3 is 6.18 Å². The van der Waals surface area contributed by atoms with Crippen LogP contribution in [0.15, 0.2) is 27.7 Å². The van der Waals surface area contributed by atoms with Crippen LogP contribution in [0.2, 0.25) is 0 Å². The van der Waals surface area contributed by atoms with Crippen molar-refractivity contribution in [2.45, 2.75) is 32.0 Å². The lowest BCUT2D eigenvalue weighted by atomic mass is 10.2. The number of aliphatic imine (C=N–C) groups is 1. The van der Waals surface area contributed by atoms with E-state index in [9.17, 15) is 13.2 Å². The van der Waals surface area contributed by atoms with Crippen LogP contribution in [0.4, 0.5) is 18.9 Å². The fraction of sp³-hybridized carbons (Fsp3) is 0.462. The van der Waals surface area contributed by atoms with Crippen molar-refractivity contribution in [1.82, 2.24) is 0 Å². The van der Waals surface area contributed by atoms with Crippen LogP contribution >= 0.6 is 27.7 Å². The molecule has 1 heterocycles. The number of hydrogen-bond donors (Lipinski definition) is 1. The first-order valence-corrected chi connectivity index (χ1v) is 8.01. The minimum absolute atomic E-state index is 0.257. The molecular formula is C13H14BrF3N2S. The summed E-state index contributed by atoms with van der Waals surface area (Å²) >= 11 is 4.65. The van der Waals surface area contributed by atoms with Gasteiger partial charge in [0.1, 0.15) is 0 Å². The van der Waals surface area contributed by atoms with Crippen molar-refractivity contribution < 1.29 is 13.2 Å². The van der Waals surface area contributed by atoms with Crippen molar-refractivity contribution >= 4 is 38.5 Å². The summed E-state index contributed by atoms with van der Waals surface area (Å²) in [6.45, 7) is 2.06. The highest BCUT2D eigenvalue weighted by Crippen LogP contribution is 2.34. The van der Waals surface area contributed by atoms with Crippen molar-refractivity contribution in [3.05, 3.63) is 28.2 Å². The molecule has 0 aliphatic carbocycles. The van der Waals surface area contributed by atoms with Crippen LogP contribution in [0.25, 0.3) is 0 Å². The Labute approximate surface area is 128 Å². The van der Waals surface area contributed by atoms with Gasteiger partial charge in [-0.2, -0.15) is 13.2 Å². The molecule has 0 spiro atoms. The van der Waals surface area contributed by atoms with Crippen LogP contribution in [0.5, 0.6) is 0 Å². The smallest absolute Gasteiger partial charge is 0.335 e. The summed E-state index contributed by atoms with van der Waals surface area (Å²) in [5.41, 5.74) is -0.280. The standard InChI is InChI=1S/C13H14BrF3N2S/c1-2-10-3-4-20-12(18-10)19-11-6-8(13(15,16)17)5-9(14)7-11/h5-7,10H,2-4H2,1H3,(H,18,19). The van der Waals surface area contributed by atoms with Crippen molar-refractivity contribution in [1.29, 1.82) is 0 Å². The lowest BCUT2D eigenvalue weighted by molar-refractivity contribution is -0.137. The second-order valence-corrected chi connectivity index (χ2v) is 6.48. The third kappa shape index (κ3) is 4.15. The number of anilines is 1. The maximum Gasteiger partial charge on any atom is 0.416 e. The highest BCUT2D eigenvalue weighted by molar-refractivity contribution is 9.10. The van der Waals surface area contributed by atoms with E-state index in [-0.39, 0.29) is 6.04 Å². The number of halogens is 4. The maximum absolute atomic E-state index is 12.8. The Morgan fingerprint density at radius 1 is 1.40 bits per heavy atom. The topological polar surface area (TPSA) is 24.4 Å². The third-order valence-electron chi connectivity index (χ3n) is 2.94. The Hall–Kier alpha value is -0.690. The SMILES string of the molecule is CCC1CCSC(Nc2cc(Br)cc(C(F)(F)F)c2)=N1. The highest BCUT2D eigenvalue weighted by atomic mass is 79.9. The molecule has 0 saturated carbocycles. The molecule has 110 valence electrons. The van der Waals surface area contributed by atoms with Crippen LogP contribution < -0.4 is 5.32 Å². The lowest BCUT2D eigenvalue weighted by Crippen LogP contribution is -2.19. The first-order chi connectivity index (χ1) is 9.38. The molecule has 1 atom stereocenters. The molecule has 0 amide bonds. The van der Waals surface area contributed by atoms with E-state index in [0.717, 1.165) is 30.7 Å². The Morgan fingerprint density at radius 3 is 2.80 bits per heavy atom. The van der Waals surface area contributed by atoms with Crippen LogP contribution in [-0.4, -0.2) is 17.0 Å². The number of benzene rings is 1. The molecule has 1 aliphatic heterocycles. The molecule has 0 radical (unpaired) electrons. The van der Waals surface area contributed by atoms with E-state index >= 15 is 0 Å². The maximum atomic E-state index is 12.8. The minimum atomic E-state index is -4.35. The van der Waals surface area contributed by atoms with Crippen molar-refractivity contribution in [2.75, 3.05) is 11.1 Å². The van der Waals surface area contributed by atoms with Gasteiger partial charge < -0.3 is 5.32 Å². The first kappa shape index (κ1) is 15.7. The van der Waals surface area contributed by atoms with Gasteiger partial charge in [-0.3, -0.25) is 4.99 Å². The molecule has 1 aliphatic rings. The molecule has 0 bridgehead atoms. The van der Waals surface area contributed by atoms with Crippen LogP contribution in [0.3, 0.4) is 0 Å². The molecule has 20 heavy (non-hydrogen) atoms. The summed E-state index contributed by atoms with van der Waals surface area (Å²) in [7, 11) is 0. The van der Waals surface area contributed by atoms with Gasteiger partial charge in [0.15, 0.2) is 5.17 Å². The zero-order valence-electron chi connectivity index (χ0n) is 10.8. The molecule has 7 heteroatoms. The van der Waals surface area contributed by atoms with Gasteiger partial charge in [0.05, 0.1) is 11.6 Å². The average molecular weight is 367 g/mol. The summed E-state index contributed by atoms with van der Waals surface area (Å²) < 4.78 is 38.7. The molecule has 0 saturated heterocycles. The fourth-order valence-electron chi connectivity index (χ4n) is 1.87. The van der Waals surface area contributed by atoms with E-state index in [1.54, 1.807) is 6.07 Å². The number of hydrogen-bond acceptors (Lipinski definition) is 3. The largest absolute Gasteiger partial charge is 0.416 e. The van der Waals surface area contributed by atoms with Gasteiger partial charge in [0.25, 0.3) is 0 Å². The zero-order chi connectivity index (χ0) is 14.8. The van der Waals surface area contributed by atoms with Gasteiger partial charge in [0, 0.05) is 15.9 Å². The fourth-order valence-corrected chi connectivity index (χ4v) is 3.36. The van der Waals surface area contributed by atoms with Crippen molar-refractivity contribution in [3.8, 4) is 0 Å². The predicted octanol–water partition coefficient (Wildman–Crippen LogP) is 5.15. The van der Waals surface area contributed by atoms with Crippen LogP contribution in [0, 0.1) is 0 Å². The van der Waals surface area contributed by atoms with E-state index in [1.165, 1.54) is 11.8 Å². The molecule has 1 aromatic rings. The number of nitrogens with zero attached hydrogens (tertiary/aromatic N) is 1. The summed E-state index contributed by atoms with van der Waals surface area (Å²) in [6, 6.07) is 4.04. The van der Waals surface area contributed by atoms with Gasteiger partial charge in [-0.15, -0.1) is 0 Å². The van der Waals surface area contributed by atoms with E-state index in [2.05, 4.69) is 33.2 Å². The molecule has 1 N–H and O–H groups in total. The summed E-state index contributed by atoms with van der Waals surface area (Å²) in [5.74, 6) is 0.935. The van der Waals surface area contributed by atoms with Gasteiger partial charge in [-0.1, -0.05) is 34.6 Å². The summed E-state index contributed by atoms with van der Waals surface area (Å²) in [5, 5.41) is 3.67. The molecule has 2 rings (SSSR count). The Balaban J connectivity index is 2.21. The number of nitrogens with one attached hydrogen (secondary N) is 1. The first-order valence-electron chi connectivity index (χ1n) is 6.24. The van der Waals surface area contributed by atoms with E-state index in [1.807, 2.05) is 0 Å². The Kier molecular flexibility index (Phi) is 5.01. The highest BCUT2D eigenvalue weighted by Gasteiger charge is 2.31. The quantitative estimate of drug-likeness (QED) is 0.782. The van der Waals surface area contributed by atoms with E-state index in [4.69, 9.17) is 0 Å². The van der Waals surface area contributed by atoms with Gasteiger partial charge in [-0.25, -0.2) is 0 Å². The lowest BCUT2D eigenvalue weighted by Gasteiger charge is -2.20. The average Bonchev–Trinajstić information content (AvgIpc) is 2.37. The zero-order valence-corrected chi connectivity index (χ0v) is 13.2. The summed E-state index contributed by atoms with van der Waals surface area (Å²) in [4.78, 5) is 4.49. The molecule has 1 unspecified atom stereocenters. The van der Waals surface area contributed by atoms with Crippen molar-refractivity contribution in [2.24, 2.45) is 4.99 Å². The van der Waals surface area contributed by atoms with E-state index < -0.39 is 11.7 Å². The Morgan fingerprint density at radius 2 is 2.15 bits per heavy atom. The summed E-state index contributed by atoms with van der Waals surface area (Å²) in [6.07, 6.45) is -2.40. The number of thioether (sulfide) groups is 1. The van der Waals surface area contributed by atoms with Gasteiger partial charge in [-0.05, 0) is 31.0 Å². The monoisotopic (exact) mass is 366 g/mol. The number of rotatable bonds is 2. The van der Waals surface area contributed by atoms with E-state index in [0.29, 0.717) is 15.3 Å². The second-order valence-electron chi connectivity index (χ2n) is 4.48. The Bertz CT molecular complexity index is 517. The van der Waals surface area contributed by atoms with Gasteiger partial charge in [0.2, 0.25) is 0 Å². The minimum Gasteiger partial charge on any atom is -0.335 e. The molecular weight excluding hydrogens is 353 g/mol. The molecule has 1 aromatic carbocycles. The molecule has 2 nitrogen and oxygen atoms in total. The predicted molar refractivity (Wildman–Crippen MR) is 81.4 cm³/mol. The molecule has 0 aromatic heterocycles. The number of alkyl halides is 3. The van der Waals surface area contributed by atoms with Crippen LogP contribution in [-0.2, 0) is 6.18 Å². The third-order valence-corrected chi connectivity index (χ3v) is 4.32.